The smallest absolute Gasteiger partial charge is 0.410 e. The third-order valence-corrected chi connectivity index (χ3v) is 2.81. The summed E-state index contributed by atoms with van der Waals surface area (Å²) in [6, 6.07) is 18.3. The van der Waals surface area contributed by atoms with Gasteiger partial charge in [-0.1, -0.05) is 24.3 Å². The number of aromatic nitrogens is 1. The largest absolute Gasteiger partial charge is 0.417 e. The molecule has 0 fully saturated rings. The number of carbonyl (C=O) groups is 1. The van der Waals surface area contributed by atoms with E-state index in [0.29, 0.717) is 11.4 Å². The Morgan fingerprint density at radius 2 is 1.85 bits per heavy atom. The molecule has 0 saturated heterocycles. The summed E-state index contributed by atoms with van der Waals surface area (Å²) < 4.78 is 5.25. The van der Waals surface area contributed by atoms with Gasteiger partial charge in [0.2, 0.25) is 0 Å². The van der Waals surface area contributed by atoms with E-state index in [1.165, 1.54) is 0 Å². The highest BCUT2D eigenvalue weighted by atomic mass is 16.6. The molecular weight excluding hydrogens is 252 g/mol. The standard InChI is InChI=1S/C16H12N2O2/c19-16(18-13-6-2-1-3-7-13)20-14-8-9-15-12(11-14)5-4-10-17-15/h1-11H,(H,18,19). The van der Waals surface area contributed by atoms with Crippen molar-refractivity contribution in [2.75, 3.05) is 5.32 Å². The lowest BCUT2D eigenvalue weighted by Gasteiger charge is -2.07. The molecule has 4 heteroatoms. The number of hydrogen-bond donors (Lipinski definition) is 1. The topological polar surface area (TPSA) is 51.2 Å². The number of ether oxygens (including phenoxy) is 1. The fourth-order valence-electron chi connectivity index (χ4n) is 1.89. The Morgan fingerprint density at radius 1 is 1.00 bits per heavy atom. The lowest BCUT2D eigenvalue weighted by molar-refractivity contribution is 0.215. The molecule has 0 spiro atoms. The molecule has 0 unspecified atom stereocenters. The first-order valence-electron chi connectivity index (χ1n) is 6.20. The van der Waals surface area contributed by atoms with Crippen LogP contribution in [0.25, 0.3) is 10.9 Å². The van der Waals surface area contributed by atoms with Crippen molar-refractivity contribution >= 4 is 22.7 Å². The molecule has 2 aromatic carbocycles. The van der Waals surface area contributed by atoms with Crippen LogP contribution in [0.3, 0.4) is 0 Å². The molecule has 1 N–H and O–H groups in total. The van der Waals surface area contributed by atoms with E-state index in [0.717, 1.165) is 10.9 Å². The number of benzene rings is 2. The first-order valence-corrected chi connectivity index (χ1v) is 6.20. The van der Waals surface area contributed by atoms with Crippen molar-refractivity contribution in [2.24, 2.45) is 0 Å². The van der Waals surface area contributed by atoms with Gasteiger partial charge in [0.25, 0.3) is 0 Å². The average molecular weight is 264 g/mol. The summed E-state index contributed by atoms with van der Waals surface area (Å²) in [5, 5.41) is 3.59. The summed E-state index contributed by atoms with van der Waals surface area (Å²) in [4.78, 5) is 16.0. The number of amides is 1. The number of fused-ring (bicyclic) bond motifs is 1. The predicted molar refractivity (Wildman–Crippen MR) is 77.8 cm³/mol. The Bertz CT molecular complexity index is 742. The van der Waals surface area contributed by atoms with Crippen LogP contribution in [-0.4, -0.2) is 11.1 Å². The maximum absolute atomic E-state index is 11.8. The van der Waals surface area contributed by atoms with Gasteiger partial charge in [-0.05, 0) is 36.4 Å². The third-order valence-electron chi connectivity index (χ3n) is 2.81. The van der Waals surface area contributed by atoms with Gasteiger partial charge in [0, 0.05) is 17.3 Å². The van der Waals surface area contributed by atoms with Crippen LogP contribution in [0.1, 0.15) is 0 Å². The maximum atomic E-state index is 11.8. The molecule has 4 nitrogen and oxygen atoms in total. The number of hydrogen-bond acceptors (Lipinski definition) is 3. The van der Waals surface area contributed by atoms with E-state index in [9.17, 15) is 4.79 Å². The van der Waals surface area contributed by atoms with Gasteiger partial charge in [0.15, 0.2) is 0 Å². The first-order chi connectivity index (χ1) is 9.81. The molecule has 0 aliphatic heterocycles. The van der Waals surface area contributed by atoms with Crippen molar-refractivity contribution in [1.82, 2.24) is 4.98 Å². The van der Waals surface area contributed by atoms with Gasteiger partial charge in [0.1, 0.15) is 5.75 Å². The van der Waals surface area contributed by atoms with E-state index >= 15 is 0 Å². The van der Waals surface area contributed by atoms with Gasteiger partial charge in [-0.15, -0.1) is 0 Å². The lowest BCUT2D eigenvalue weighted by atomic mass is 10.2. The molecule has 0 atom stereocenters. The van der Waals surface area contributed by atoms with Crippen LogP contribution in [0.4, 0.5) is 10.5 Å². The van der Waals surface area contributed by atoms with Gasteiger partial charge < -0.3 is 4.74 Å². The van der Waals surface area contributed by atoms with Gasteiger partial charge in [0.05, 0.1) is 5.52 Å². The number of pyridine rings is 1. The molecule has 1 aromatic heterocycles. The molecule has 0 saturated carbocycles. The van der Waals surface area contributed by atoms with Crippen molar-refractivity contribution in [3.63, 3.8) is 0 Å². The molecule has 0 aliphatic rings. The number of rotatable bonds is 2. The second kappa shape index (κ2) is 5.40. The molecule has 0 aliphatic carbocycles. The van der Waals surface area contributed by atoms with Crippen molar-refractivity contribution in [3.05, 3.63) is 66.9 Å². The maximum Gasteiger partial charge on any atom is 0.417 e. The molecular formula is C16H12N2O2. The van der Waals surface area contributed by atoms with Gasteiger partial charge in [-0.3, -0.25) is 10.3 Å². The quantitative estimate of drug-likeness (QED) is 0.765. The third kappa shape index (κ3) is 2.75. The number of nitrogens with one attached hydrogen (secondary N) is 1. The van der Waals surface area contributed by atoms with Crippen LogP contribution in [0.5, 0.6) is 5.75 Å². The molecule has 0 bridgehead atoms. The monoisotopic (exact) mass is 264 g/mol. The fourth-order valence-corrected chi connectivity index (χ4v) is 1.89. The zero-order valence-corrected chi connectivity index (χ0v) is 10.6. The summed E-state index contributed by atoms with van der Waals surface area (Å²) in [7, 11) is 0. The van der Waals surface area contributed by atoms with Crippen molar-refractivity contribution in [3.8, 4) is 5.75 Å². The number of nitrogens with zero attached hydrogens (tertiary/aromatic N) is 1. The van der Waals surface area contributed by atoms with E-state index in [4.69, 9.17) is 4.74 Å². The normalized spacial score (nSPS) is 10.2. The summed E-state index contributed by atoms with van der Waals surface area (Å²) in [5.74, 6) is 0.485. The van der Waals surface area contributed by atoms with Gasteiger partial charge in [-0.25, -0.2) is 4.79 Å². The zero-order chi connectivity index (χ0) is 13.8. The van der Waals surface area contributed by atoms with Crippen LogP contribution in [-0.2, 0) is 0 Å². The highest BCUT2D eigenvalue weighted by Gasteiger charge is 2.05. The minimum atomic E-state index is -0.514. The molecule has 0 radical (unpaired) electrons. The molecule has 3 aromatic rings. The Balaban J connectivity index is 1.74. The van der Waals surface area contributed by atoms with Gasteiger partial charge >= 0.3 is 6.09 Å². The average Bonchev–Trinajstić information content (AvgIpc) is 2.48. The van der Waals surface area contributed by atoms with Crippen LogP contribution < -0.4 is 10.1 Å². The Kier molecular flexibility index (Phi) is 3.29. The molecule has 1 heterocycles. The highest BCUT2D eigenvalue weighted by Crippen LogP contribution is 2.19. The van der Waals surface area contributed by atoms with Crippen molar-refractivity contribution in [2.45, 2.75) is 0 Å². The van der Waals surface area contributed by atoms with Crippen LogP contribution in [0.2, 0.25) is 0 Å². The number of carbonyl (C=O) groups excluding carboxylic acids is 1. The molecule has 20 heavy (non-hydrogen) atoms. The Morgan fingerprint density at radius 3 is 2.70 bits per heavy atom. The summed E-state index contributed by atoms with van der Waals surface area (Å²) in [5.41, 5.74) is 1.56. The van der Waals surface area contributed by atoms with Crippen LogP contribution >= 0.6 is 0 Å². The van der Waals surface area contributed by atoms with E-state index in [2.05, 4.69) is 10.3 Å². The second-order valence-electron chi connectivity index (χ2n) is 4.24. The van der Waals surface area contributed by atoms with Crippen LogP contribution in [0.15, 0.2) is 66.9 Å². The lowest BCUT2D eigenvalue weighted by Crippen LogP contribution is -2.16. The van der Waals surface area contributed by atoms with Crippen molar-refractivity contribution < 1.29 is 9.53 Å². The second-order valence-corrected chi connectivity index (χ2v) is 4.24. The van der Waals surface area contributed by atoms with Crippen molar-refractivity contribution in [1.29, 1.82) is 0 Å². The highest BCUT2D eigenvalue weighted by molar-refractivity contribution is 5.87. The summed E-state index contributed by atoms with van der Waals surface area (Å²) >= 11 is 0. The number of anilines is 1. The van der Waals surface area contributed by atoms with E-state index in [-0.39, 0.29) is 0 Å². The fraction of sp³-hybridized carbons (Fsp3) is 0. The summed E-state index contributed by atoms with van der Waals surface area (Å²) in [6.07, 6.45) is 1.21. The Hall–Kier alpha value is -2.88. The summed E-state index contributed by atoms with van der Waals surface area (Å²) in [6.45, 7) is 0. The van der Waals surface area contributed by atoms with Gasteiger partial charge in [-0.2, -0.15) is 0 Å². The Labute approximate surface area is 116 Å². The van der Waals surface area contributed by atoms with E-state index in [1.807, 2.05) is 36.4 Å². The SMILES string of the molecule is O=C(Nc1ccccc1)Oc1ccc2ncccc2c1. The minimum absolute atomic E-state index is 0.485. The first kappa shape index (κ1) is 12.2. The minimum Gasteiger partial charge on any atom is -0.410 e. The predicted octanol–water partition coefficient (Wildman–Crippen LogP) is 3.85. The molecule has 98 valence electrons. The molecule has 3 rings (SSSR count). The molecule has 1 amide bonds. The zero-order valence-electron chi connectivity index (χ0n) is 10.6. The van der Waals surface area contributed by atoms with E-state index in [1.54, 1.807) is 30.5 Å². The number of para-hydroxylation sites is 1. The van der Waals surface area contributed by atoms with Crippen LogP contribution in [0, 0.1) is 0 Å². The van der Waals surface area contributed by atoms with E-state index < -0.39 is 6.09 Å².